The molecule has 2 heterocycles. The SMILES string of the molecule is O=c1[nH]c(O)c(Cc2nc3ccc(Br)cc3s2)s1. The highest BCUT2D eigenvalue weighted by Gasteiger charge is 2.11. The van der Waals surface area contributed by atoms with Gasteiger partial charge in [0.2, 0.25) is 5.88 Å². The van der Waals surface area contributed by atoms with Crippen molar-refractivity contribution in [2.75, 3.05) is 0 Å². The summed E-state index contributed by atoms with van der Waals surface area (Å²) >= 11 is 6.00. The van der Waals surface area contributed by atoms with Gasteiger partial charge in [0.1, 0.15) is 0 Å². The molecule has 0 aliphatic carbocycles. The van der Waals surface area contributed by atoms with Gasteiger partial charge >= 0.3 is 4.87 Å². The first kappa shape index (κ1) is 11.9. The third-order valence-corrected chi connectivity index (χ3v) is 4.79. The zero-order valence-electron chi connectivity index (χ0n) is 8.94. The first-order valence-electron chi connectivity index (χ1n) is 5.08. The predicted octanol–water partition coefficient (Wildman–Crippen LogP) is 3.11. The summed E-state index contributed by atoms with van der Waals surface area (Å²) in [6.07, 6.45) is 0.478. The Hall–Kier alpha value is -1.18. The third-order valence-electron chi connectivity index (χ3n) is 2.41. The Morgan fingerprint density at radius 2 is 2.22 bits per heavy atom. The number of halogens is 1. The molecular formula is C11H7BrN2O2S2. The highest BCUT2D eigenvalue weighted by atomic mass is 79.9. The molecule has 0 radical (unpaired) electrons. The summed E-state index contributed by atoms with van der Waals surface area (Å²) in [6.45, 7) is 0. The maximum Gasteiger partial charge on any atom is 0.307 e. The van der Waals surface area contributed by atoms with Crippen LogP contribution in [-0.2, 0) is 6.42 Å². The minimum Gasteiger partial charge on any atom is -0.494 e. The lowest BCUT2D eigenvalue weighted by Gasteiger charge is -1.91. The van der Waals surface area contributed by atoms with Crippen molar-refractivity contribution in [3.63, 3.8) is 0 Å². The van der Waals surface area contributed by atoms with E-state index in [0.29, 0.717) is 11.3 Å². The topological polar surface area (TPSA) is 66.0 Å². The first-order valence-corrected chi connectivity index (χ1v) is 7.50. The van der Waals surface area contributed by atoms with E-state index < -0.39 is 0 Å². The maximum atomic E-state index is 11.1. The molecule has 1 aromatic carbocycles. The fourth-order valence-electron chi connectivity index (χ4n) is 1.63. The molecule has 0 saturated carbocycles. The fourth-order valence-corrected chi connectivity index (χ4v) is 3.98. The lowest BCUT2D eigenvalue weighted by atomic mass is 10.3. The normalized spacial score (nSPS) is 11.2. The fraction of sp³-hybridized carbons (Fsp3) is 0.0909. The number of benzene rings is 1. The zero-order valence-corrected chi connectivity index (χ0v) is 12.2. The van der Waals surface area contributed by atoms with Crippen LogP contribution in [0.2, 0.25) is 0 Å². The summed E-state index contributed by atoms with van der Waals surface area (Å²) in [7, 11) is 0. The molecule has 3 rings (SSSR count). The average molecular weight is 343 g/mol. The lowest BCUT2D eigenvalue weighted by molar-refractivity contribution is 0.451. The molecule has 4 nitrogen and oxygen atoms in total. The number of thiazole rings is 2. The van der Waals surface area contributed by atoms with E-state index >= 15 is 0 Å². The number of hydrogen-bond donors (Lipinski definition) is 2. The number of nitrogens with one attached hydrogen (secondary N) is 1. The number of hydrogen-bond acceptors (Lipinski definition) is 5. The Bertz CT molecular complexity index is 775. The van der Waals surface area contributed by atoms with Crippen LogP contribution < -0.4 is 4.87 Å². The van der Waals surface area contributed by atoms with Crippen LogP contribution in [0.25, 0.3) is 10.2 Å². The van der Waals surface area contributed by atoms with Crippen LogP contribution >= 0.6 is 38.6 Å². The van der Waals surface area contributed by atoms with E-state index in [1.165, 1.54) is 0 Å². The number of aromatic hydroxyl groups is 1. The van der Waals surface area contributed by atoms with Gasteiger partial charge in [0.15, 0.2) is 0 Å². The summed E-state index contributed by atoms with van der Waals surface area (Å²) in [5, 5.41) is 10.4. The van der Waals surface area contributed by atoms with Gasteiger partial charge in [-0.05, 0) is 18.2 Å². The van der Waals surface area contributed by atoms with E-state index in [-0.39, 0.29) is 10.8 Å². The monoisotopic (exact) mass is 342 g/mol. The van der Waals surface area contributed by atoms with Crippen LogP contribution in [-0.4, -0.2) is 15.1 Å². The summed E-state index contributed by atoms with van der Waals surface area (Å²) in [5.74, 6) is -0.0505. The quantitative estimate of drug-likeness (QED) is 0.751. The van der Waals surface area contributed by atoms with Crippen molar-refractivity contribution < 1.29 is 5.11 Å². The lowest BCUT2D eigenvalue weighted by Crippen LogP contribution is -1.89. The smallest absolute Gasteiger partial charge is 0.307 e. The Labute approximate surface area is 118 Å². The zero-order chi connectivity index (χ0) is 12.7. The summed E-state index contributed by atoms with van der Waals surface area (Å²) in [5.41, 5.74) is 0.931. The van der Waals surface area contributed by atoms with Gasteiger partial charge in [0, 0.05) is 10.9 Å². The van der Waals surface area contributed by atoms with Crippen molar-refractivity contribution in [2.45, 2.75) is 6.42 Å². The molecule has 3 aromatic rings. The summed E-state index contributed by atoms with van der Waals surface area (Å²) in [6, 6.07) is 5.90. The van der Waals surface area contributed by atoms with Crippen molar-refractivity contribution in [2.24, 2.45) is 0 Å². The van der Waals surface area contributed by atoms with Gasteiger partial charge in [-0.15, -0.1) is 11.3 Å². The van der Waals surface area contributed by atoms with Gasteiger partial charge in [-0.2, -0.15) is 0 Å². The second-order valence-electron chi connectivity index (χ2n) is 3.68. The Morgan fingerprint density at radius 3 is 2.94 bits per heavy atom. The van der Waals surface area contributed by atoms with Crippen LogP contribution in [0.3, 0.4) is 0 Å². The molecule has 0 aliphatic heterocycles. The van der Waals surface area contributed by atoms with E-state index in [2.05, 4.69) is 25.9 Å². The van der Waals surface area contributed by atoms with Crippen molar-refractivity contribution >= 4 is 48.8 Å². The third kappa shape index (κ3) is 2.21. The van der Waals surface area contributed by atoms with Crippen molar-refractivity contribution in [3.8, 4) is 5.88 Å². The second-order valence-corrected chi connectivity index (χ2v) is 6.78. The van der Waals surface area contributed by atoms with Crippen LogP contribution in [0.1, 0.15) is 9.88 Å². The highest BCUT2D eigenvalue weighted by Crippen LogP contribution is 2.28. The van der Waals surface area contributed by atoms with E-state index in [9.17, 15) is 9.90 Å². The first-order chi connectivity index (χ1) is 8.61. The number of H-pyrrole nitrogens is 1. The highest BCUT2D eigenvalue weighted by molar-refractivity contribution is 9.10. The van der Waals surface area contributed by atoms with Crippen LogP contribution in [0.5, 0.6) is 5.88 Å². The standard InChI is InChI=1S/C11H7BrN2O2S2/c12-5-1-2-6-7(3-5)17-9(13-6)4-8-10(15)14-11(16)18-8/h1-3,15H,4H2,(H,14,16). The van der Waals surface area contributed by atoms with Crippen LogP contribution in [0.4, 0.5) is 0 Å². The molecular weight excluding hydrogens is 336 g/mol. The average Bonchev–Trinajstić information content (AvgIpc) is 2.82. The van der Waals surface area contributed by atoms with Gasteiger partial charge in [-0.3, -0.25) is 9.78 Å². The van der Waals surface area contributed by atoms with Crippen LogP contribution in [0, 0.1) is 0 Å². The van der Waals surface area contributed by atoms with E-state index in [0.717, 1.165) is 31.0 Å². The molecule has 0 unspecified atom stereocenters. The molecule has 0 fully saturated rings. The number of rotatable bonds is 2. The molecule has 0 bridgehead atoms. The van der Waals surface area contributed by atoms with Crippen LogP contribution in [0.15, 0.2) is 27.5 Å². The number of nitrogens with zero attached hydrogens (tertiary/aromatic N) is 1. The molecule has 18 heavy (non-hydrogen) atoms. The molecule has 7 heteroatoms. The minimum atomic E-state index is -0.244. The largest absolute Gasteiger partial charge is 0.494 e. The Balaban J connectivity index is 2.00. The summed E-state index contributed by atoms with van der Waals surface area (Å²) in [4.78, 5) is 18.3. The van der Waals surface area contributed by atoms with Crippen molar-refractivity contribution in [1.29, 1.82) is 0 Å². The molecule has 2 N–H and O–H groups in total. The van der Waals surface area contributed by atoms with Gasteiger partial charge < -0.3 is 5.11 Å². The summed E-state index contributed by atoms with van der Waals surface area (Å²) < 4.78 is 2.10. The molecule has 0 spiro atoms. The number of aromatic amines is 1. The number of aromatic nitrogens is 2. The molecule has 0 amide bonds. The van der Waals surface area contributed by atoms with Crippen molar-refractivity contribution in [3.05, 3.63) is 42.2 Å². The molecule has 92 valence electrons. The van der Waals surface area contributed by atoms with Gasteiger partial charge in [-0.25, -0.2) is 4.98 Å². The van der Waals surface area contributed by atoms with Crippen molar-refractivity contribution in [1.82, 2.24) is 9.97 Å². The number of fused-ring (bicyclic) bond motifs is 1. The van der Waals surface area contributed by atoms with E-state index in [1.54, 1.807) is 11.3 Å². The van der Waals surface area contributed by atoms with Gasteiger partial charge in [0.25, 0.3) is 0 Å². The second kappa shape index (κ2) is 4.49. The Morgan fingerprint density at radius 1 is 1.39 bits per heavy atom. The molecule has 2 aromatic heterocycles. The molecule has 0 saturated heterocycles. The predicted molar refractivity (Wildman–Crippen MR) is 76.7 cm³/mol. The molecule has 0 aliphatic rings. The van der Waals surface area contributed by atoms with Gasteiger partial charge in [-0.1, -0.05) is 27.3 Å². The molecule has 0 atom stereocenters. The maximum absolute atomic E-state index is 11.1. The Kier molecular flexibility index (Phi) is 2.96. The minimum absolute atomic E-state index is 0.0505. The van der Waals surface area contributed by atoms with E-state index in [4.69, 9.17) is 0 Å². The van der Waals surface area contributed by atoms with Gasteiger partial charge in [0.05, 0.1) is 20.1 Å². The van der Waals surface area contributed by atoms with E-state index in [1.807, 2.05) is 18.2 Å².